The van der Waals surface area contributed by atoms with Crippen molar-refractivity contribution in [1.29, 1.82) is 0 Å². The third-order valence-corrected chi connectivity index (χ3v) is 5.25. The largest absolute Gasteiger partial charge is 0.368 e. The van der Waals surface area contributed by atoms with E-state index in [9.17, 15) is 4.79 Å². The summed E-state index contributed by atoms with van der Waals surface area (Å²) in [6.07, 6.45) is 1.60. The maximum absolute atomic E-state index is 12.3. The van der Waals surface area contributed by atoms with E-state index in [1.165, 1.54) is 13.1 Å². The summed E-state index contributed by atoms with van der Waals surface area (Å²) in [7, 11) is 0. The van der Waals surface area contributed by atoms with Gasteiger partial charge in [0.1, 0.15) is 5.82 Å². The molecule has 3 aliphatic rings. The van der Waals surface area contributed by atoms with Crippen LogP contribution in [0.15, 0.2) is 42.6 Å². The van der Waals surface area contributed by atoms with Gasteiger partial charge in [-0.05, 0) is 30.3 Å². The van der Waals surface area contributed by atoms with Crippen molar-refractivity contribution in [3.05, 3.63) is 53.2 Å². The average molecular weight is 372 g/mol. The molecule has 0 radical (unpaired) electrons. The summed E-state index contributed by atoms with van der Waals surface area (Å²) >= 11 is 5.94. The van der Waals surface area contributed by atoms with Gasteiger partial charge in [-0.15, -0.1) is 0 Å². The zero-order valence-corrected chi connectivity index (χ0v) is 15.2. The van der Waals surface area contributed by atoms with E-state index in [-0.39, 0.29) is 5.91 Å². The summed E-state index contributed by atoms with van der Waals surface area (Å²) in [6, 6.07) is 11.3. The Bertz CT molecular complexity index is 774. The van der Waals surface area contributed by atoms with Crippen molar-refractivity contribution in [3.63, 3.8) is 0 Å². The van der Waals surface area contributed by atoms with Crippen LogP contribution >= 0.6 is 11.6 Å². The Morgan fingerprint density at radius 3 is 2.69 bits per heavy atom. The molecule has 2 aromatic rings. The number of hydrogen-bond acceptors (Lipinski definition) is 5. The van der Waals surface area contributed by atoms with Crippen LogP contribution in [-0.2, 0) is 0 Å². The van der Waals surface area contributed by atoms with Crippen molar-refractivity contribution in [1.82, 2.24) is 14.8 Å². The van der Waals surface area contributed by atoms with Crippen LogP contribution in [-0.4, -0.2) is 66.0 Å². The number of carbonyl (C=O) groups is 1. The molecule has 1 unspecified atom stereocenters. The van der Waals surface area contributed by atoms with E-state index >= 15 is 0 Å². The third kappa shape index (κ3) is 3.98. The molecule has 7 heteroatoms. The fraction of sp³-hybridized carbons (Fsp3) is 0.368. The molecule has 3 fully saturated rings. The van der Waals surface area contributed by atoms with E-state index in [1.807, 2.05) is 6.07 Å². The summed E-state index contributed by atoms with van der Waals surface area (Å²) < 4.78 is 0. The first kappa shape index (κ1) is 17.3. The van der Waals surface area contributed by atoms with Gasteiger partial charge in [0.15, 0.2) is 0 Å². The van der Waals surface area contributed by atoms with Crippen molar-refractivity contribution in [2.45, 2.75) is 6.04 Å². The molecule has 26 heavy (non-hydrogen) atoms. The number of benzene rings is 1. The first-order chi connectivity index (χ1) is 12.7. The van der Waals surface area contributed by atoms with Crippen molar-refractivity contribution >= 4 is 29.0 Å². The molecular weight excluding hydrogens is 350 g/mol. The van der Waals surface area contributed by atoms with E-state index in [0.717, 1.165) is 32.0 Å². The maximum atomic E-state index is 12.3. The van der Waals surface area contributed by atoms with Gasteiger partial charge in [-0.3, -0.25) is 14.6 Å². The number of anilines is 2. The zero-order chi connectivity index (χ0) is 17.9. The minimum absolute atomic E-state index is 0.199. The molecule has 3 aliphatic heterocycles. The molecule has 0 saturated carbocycles. The molecule has 3 saturated heterocycles. The normalized spacial score (nSPS) is 24.3. The lowest BCUT2D eigenvalue weighted by Crippen LogP contribution is -2.62. The lowest BCUT2D eigenvalue weighted by atomic mass is 10.1. The van der Waals surface area contributed by atoms with Crippen molar-refractivity contribution < 1.29 is 4.79 Å². The summed E-state index contributed by atoms with van der Waals surface area (Å²) in [5.74, 6) is 0.594. The fourth-order valence-corrected chi connectivity index (χ4v) is 3.73. The Labute approximate surface area is 158 Å². The van der Waals surface area contributed by atoms with Crippen LogP contribution in [0, 0.1) is 0 Å². The van der Waals surface area contributed by atoms with Gasteiger partial charge in [0.25, 0.3) is 5.91 Å². The highest BCUT2D eigenvalue weighted by molar-refractivity contribution is 6.30. The van der Waals surface area contributed by atoms with E-state index in [2.05, 4.69) is 25.4 Å². The number of amides is 1. The van der Waals surface area contributed by atoms with Crippen LogP contribution in [0.3, 0.4) is 0 Å². The van der Waals surface area contributed by atoms with Crippen LogP contribution in [0.25, 0.3) is 0 Å². The molecule has 0 spiro atoms. The monoisotopic (exact) mass is 371 g/mol. The Hall–Kier alpha value is -2.15. The minimum atomic E-state index is -0.199. The lowest BCUT2D eigenvalue weighted by molar-refractivity contribution is 0.0189. The van der Waals surface area contributed by atoms with E-state index in [1.54, 1.807) is 36.5 Å². The fourth-order valence-electron chi connectivity index (χ4n) is 3.54. The standard InChI is InChI=1S/C19H22ClN5O/c20-15-2-1-3-16(10-15)23-19(26)14-4-5-18(21-11-14)22-12-17-13-24-6-8-25(17)9-7-24/h1-5,10-11,17H,6-9,12-13H2,(H,21,22)(H,23,26). The number of hydrogen-bond donors (Lipinski definition) is 2. The molecule has 0 aliphatic carbocycles. The van der Waals surface area contributed by atoms with Gasteiger partial charge in [-0.1, -0.05) is 17.7 Å². The molecule has 5 rings (SSSR count). The van der Waals surface area contributed by atoms with Crippen LogP contribution in [0.1, 0.15) is 10.4 Å². The number of carbonyl (C=O) groups excluding carboxylic acids is 1. The van der Waals surface area contributed by atoms with Crippen LogP contribution in [0.2, 0.25) is 5.02 Å². The number of pyridine rings is 1. The minimum Gasteiger partial charge on any atom is -0.368 e. The van der Waals surface area contributed by atoms with Crippen LogP contribution < -0.4 is 10.6 Å². The number of fused-ring (bicyclic) bond motifs is 3. The summed E-state index contributed by atoms with van der Waals surface area (Å²) in [4.78, 5) is 21.7. The highest BCUT2D eigenvalue weighted by Gasteiger charge is 2.31. The van der Waals surface area contributed by atoms with Crippen molar-refractivity contribution in [2.24, 2.45) is 0 Å². The molecular formula is C19H22ClN5O. The molecule has 136 valence electrons. The number of nitrogens with zero attached hydrogens (tertiary/aromatic N) is 3. The summed E-state index contributed by atoms with van der Waals surface area (Å²) in [5, 5.41) is 6.81. The van der Waals surface area contributed by atoms with Gasteiger partial charge in [0.05, 0.1) is 5.56 Å². The smallest absolute Gasteiger partial charge is 0.257 e. The summed E-state index contributed by atoms with van der Waals surface area (Å²) in [5.41, 5.74) is 1.18. The number of piperazine rings is 3. The predicted molar refractivity (Wildman–Crippen MR) is 104 cm³/mol. The second kappa shape index (κ2) is 7.61. The quantitative estimate of drug-likeness (QED) is 0.845. The van der Waals surface area contributed by atoms with Gasteiger partial charge in [-0.25, -0.2) is 4.98 Å². The SMILES string of the molecule is O=C(Nc1cccc(Cl)c1)c1ccc(NCC2CN3CCN2CC3)nc1. The first-order valence-corrected chi connectivity index (χ1v) is 9.28. The molecule has 2 bridgehead atoms. The van der Waals surface area contributed by atoms with E-state index < -0.39 is 0 Å². The molecule has 1 atom stereocenters. The molecule has 6 nitrogen and oxygen atoms in total. The van der Waals surface area contributed by atoms with Gasteiger partial charge in [0, 0.05) is 62.2 Å². The van der Waals surface area contributed by atoms with E-state index in [4.69, 9.17) is 11.6 Å². The second-order valence-corrected chi connectivity index (χ2v) is 7.20. The summed E-state index contributed by atoms with van der Waals surface area (Å²) in [6.45, 7) is 6.67. The predicted octanol–water partition coefficient (Wildman–Crippen LogP) is 2.40. The number of aromatic nitrogens is 1. The first-order valence-electron chi connectivity index (χ1n) is 8.91. The second-order valence-electron chi connectivity index (χ2n) is 6.77. The van der Waals surface area contributed by atoms with Gasteiger partial charge in [-0.2, -0.15) is 0 Å². The van der Waals surface area contributed by atoms with Crippen LogP contribution in [0.5, 0.6) is 0 Å². The van der Waals surface area contributed by atoms with Crippen molar-refractivity contribution in [3.8, 4) is 0 Å². The van der Waals surface area contributed by atoms with Crippen LogP contribution in [0.4, 0.5) is 11.5 Å². The lowest BCUT2D eigenvalue weighted by Gasteiger charge is -2.47. The Morgan fingerprint density at radius 1 is 1.19 bits per heavy atom. The van der Waals surface area contributed by atoms with Crippen molar-refractivity contribution in [2.75, 3.05) is 49.9 Å². The van der Waals surface area contributed by atoms with Gasteiger partial charge < -0.3 is 10.6 Å². The third-order valence-electron chi connectivity index (χ3n) is 5.02. The maximum Gasteiger partial charge on any atom is 0.257 e. The average Bonchev–Trinajstić information content (AvgIpc) is 2.68. The number of rotatable bonds is 5. The number of nitrogens with one attached hydrogen (secondary N) is 2. The molecule has 4 heterocycles. The molecule has 1 aromatic heterocycles. The Kier molecular flexibility index (Phi) is 5.06. The molecule has 1 amide bonds. The highest BCUT2D eigenvalue weighted by atomic mass is 35.5. The highest BCUT2D eigenvalue weighted by Crippen LogP contribution is 2.17. The Balaban J connectivity index is 1.32. The Morgan fingerprint density at radius 2 is 2.04 bits per heavy atom. The zero-order valence-electron chi connectivity index (χ0n) is 14.5. The van der Waals surface area contributed by atoms with Gasteiger partial charge >= 0.3 is 0 Å². The van der Waals surface area contributed by atoms with Gasteiger partial charge in [0.2, 0.25) is 0 Å². The number of halogens is 1. The molecule has 1 aromatic carbocycles. The molecule has 2 N–H and O–H groups in total. The topological polar surface area (TPSA) is 60.5 Å². The van der Waals surface area contributed by atoms with E-state index in [0.29, 0.717) is 22.3 Å².